The Bertz CT molecular complexity index is 411. The summed E-state index contributed by atoms with van der Waals surface area (Å²) in [5.41, 5.74) is 3.65. The van der Waals surface area contributed by atoms with Crippen LogP contribution in [0.3, 0.4) is 0 Å². The fourth-order valence-corrected chi connectivity index (χ4v) is 2.34. The maximum atomic E-state index is 12.2. The van der Waals surface area contributed by atoms with E-state index in [0.29, 0.717) is 0 Å². The van der Waals surface area contributed by atoms with Gasteiger partial charge < -0.3 is 4.90 Å². The molecule has 0 spiro atoms. The summed E-state index contributed by atoms with van der Waals surface area (Å²) in [5.74, 6) is 0.416. The Hall–Kier alpha value is -1.31. The van der Waals surface area contributed by atoms with Gasteiger partial charge in [-0.15, -0.1) is 0 Å². The van der Waals surface area contributed by atoms with Gasteiger partial charge in [-0.05, 0) is 43.9 Å². The highest BCUT2D eigenvalue weighted by Crippen LogP contribution is 2.29. The molecule has 16 heavy (non-hydrogen) atoms. The van der Waals surface area contributed by atoms with Gasteiger partial charge in [-0.3, -0.25) is 4.79 Å². The van der Waals surface area contributed by atoms with E-state index in [0.717, 1.165) is 25.1 Å². The van der Waals surface area contributed by atoms with Gasteiger partial charge in [0.15, 0.2) is 0 Å². The lowest BCUT2D eigenvalue weighted by molar-refractivity contribution is -0.121. The smallest absolute Gasteiger partial charge is 0.229 e. The van der Waals surface area contributed by atoms with Crippen LogP contribution in [0.2, 0.25) is 0 Å². The van der Waals surface area contributed by atoms with Crippen LogP contribution in [0.4, 0.5) is 5.69 Å². The van der Waals surface area contributed by atoms with E-state index in [1.807, 2.05) is 18.7 Å². The SMILES string of the molecule is CCN1C(=O)C(C)CCc2ccc(C)cc21. The van der Waals surface area contributed by atoms with Crippen LogP contribution in [0, 0.1) is 12.8 Å². The van der Waals surface area contributed by atoms with Crippen LogP contribution in [-0.2, 0) is 11.2 Å². The molecule has 2 rings (SSSR count). The van der Waals surface area contributed by atoms with Gasteiger partial charge in [0.2, 0.25) is 5.91 Å². The molecule has 1 atom stereocenters. The zero-order valence-electron chi connectivity index (χ0n) is 10.3. The number of hydrogen-bond acceptors (Lipinski definition) is 1. The van der Waals surface area contributed by atoms with E-state index in [4.69, 9.17) is 0 Å². The number of aryl methyl sites for hydroxylation is 2. The first kappa shape index (κ1) is 11.2. The van der Waals surface area contributed by atoms with Gasteiger partial charge in [-0.1, -0.05) is 19.1 Å². The zero-order valence-corrected chi connectivity index (χ0v) is 10.3. The third-order valence-electron chi connectivity index (χ3n) is 3.38. The van der Waals surface area contributed by atoms with Crippen molar-refractivity contribution in [3.63, 3.8) is 0 Å². The summed E-state index contributed by atoms with van der Waals surface area (Å²) in [5, 5.41) is 0. The molecule has 0 saturated carbocycles. The summed E-state index contributed by atoms with van der Waals surface area (Å²) in [4.78, 5) is 14.1. The molecule has 2 nitrogen and oxygen atoms in total. The molecule has 1 aromatic rings. The van der Waals surface area contributed by atoms with Crippen molar-refractivity contribution in [2.24, 2.45) is 5.92 Å². The van der Waals surface area contributed by atoms with Crippen molar-refractivity contribution in [1.29, 1.82) is 0 Å². The van der Waals surface area contributed by atoms with Crippen LogP contribution in [0.5, 0.6) is 0 Å². The van der Waals surface area contributed by atoms with E-state index in [1.165, 1.54) is 11.1 Å². The van der Waals surface area contributed by atoms with Crippen molar-refractivity contribution in [3.8, 4) is 0 Å². The molecule has 1 aliphatic heterocycles. The van der Waals surface area contributed by atoms with Crippen LogP contribution in [0.15, 0.2) is 18.2 Å². The van der Waals surface area contributed by atoms with E-state index in [1.54, 1.807) is 0 Å². The molecule has 0 aromatic heterocycles. The number of carbonyl (C=O) groups is 1. The first-order chi connectivity index (χ1) is 7.63. The van der Waals surface area contributed by atoms with Crippen molar-refractivity contribution in [1.82, 2.24) is 0 Å². The van der Waals surface area contributed by atoms with Gasteiger partial charge in [0.25, 0.3) is 0 Å². The van der Waals surface area contributed by atoms with Crippen molar-refractivity contribution in [2.45, 2.75) is 33.6 Å². The second-order valence-corrected chi connectivity index (χ2v) is 4.65. The Balaban J connectivity index is 2.50. The second-order valence-electron chi connectivity index (χ2n) is 4.65. The second kappa shape index (κ2) is 4.28. The topological polar surface area (TPSA) is 20.3 Å². The van der Waals surface area contributed by atoms with Crippen molar-refractivity contribution < 1.29 is 4.79 Å². The maximum absolute atomic E-state index is 12.2. The monoisotopic (exact) mass is 217 g/mol. The molecule has 1 aromatic carbocycles. The lowest BCUT2D eigenvalue weighted by Gasteiger charge is -2.23. The summed E-state index contributed by atoms with van der Waals surface area (Å²) >= 11 is 0. The molecule has 0 bridgehead atoms. The van der Waals surface area contributed by atoms with Crippen molar-refractivity contribution >= 4 is 11.6 Å². The minimum Gasteiger partial charge on any atom is -0.312 e. The Morgan fingerprint density at radius 1 is 1.44 bits per heavy atom. The van der Waals surface area contributed by atoms with Crippen molar-refractivity contribution in [2.75, 3.05) is 11.4 Å². The number of anilines is 1. The number of fused-ring (bicyclic) bond motifs is 1. The highest BCUT2D eigenvalue weighted by Gasteiger charge is 2.26. The Kier molecular flexibility index (Phi) is 2.99. The van der Waals surface area contributed by atoms with Gasteiger partial charge in [0.05, 0.1) is 0 Å². The minimum absolute atomic E-state index is 0.146. The van der Waals surface area contributed by atoms with Crippen LogP contribution in [0.25, 0.3) is 0 Å². The van der Waals surface area contributed by atoms with E-state index in [2.05, 4.69) is 25.1 Å². The normalized spacial score (nSPS) is 20.6. The van der Waals surface area contributed by atoms with Crippen molar-refractivity contribution in [3.05, 3.63) is 29.3 Å². The molecule has 0 N–H and O–H groups in total. The summed E-state index contributed by atoms with van der Waals surface area (Å²) < 4.78 is 0. The maximum Gasteiger partial charge on any atom is 0.229 e. The van der Waals surface area contributed by atoms with Gasteiger partial charge in [-0.2, -0.15) is 0 Å². The fraction of sp³-hybridized carbons (Fsp3) is 0.500. The van der Waals surface area contributed by atoms with Gasteiger partial charge in [0, 0.05) is 18.2 Å². The van der Waals surface area contributed by atoms with E-state index in [-0.39, 0.29) is 11.8 Å². The quantitative estimate of drug-likeness (QED) is 0.708. The predicted octanol–water partition coefficient (Wildman–Crippen LogP) is 2.93. The lowest BCUT2D eigenvalue weighted by Crippen LogP contribution is -2.34. The number of benzene rings is 1. The number of amides is 1. The number of rotatable bonds is 1. The van der Waals surface area contributed by atoms with Crippen LogP contribution < -0.4 is 4.90 Å². The minimum atomic E-state index is 0.146. The number of nitrogens with zero attached hydrogens (tertiary/aromatic N) is 1. The molecule has 0 saturated heterocycles. The Labute approximate surface area is 97.3 Å². The van der Waals surface area contributed by atoms with Crippen LogP contribution in [0.1, 0.15) is 31.4 Å². The predicted molar refractivity (Wildman–Crippen MR) is 66.7 cm³/mol. The number of hydrogen-bond donors (Lipinski definition) is 0. The molecule has 0 aliphatic carbocycles. The Morgan fingerprint density at radius 3 is 2.88 bits per heavy atom. The third-order valence-corrected chi connectivity index (χ3v) is 3.38. The fourth-order valence-electron chi connectivity index (χ4n) is 2.34. The van der Waals surface area contributed by atoms with Crippen LogP contribution >= 0.6 is 0 Å². The van der Waals surface area contributed by atoms with E-state index in [9.17, 15) is 4.79 Å². The molecule has 86 valence electrons. The summed E-state index contributed by atoms with van der Waals surface area (Å²) in [7, 11) is 0. The number of carbonyl (C=O) groups excluding carboxylic acids is 1. The molecule has 0 radical (unpaired) electrons. The molecule has 0 fully saturated rings. The molecular formula is C14H19NO. The van der Waals surface area contributed by atoms with Gasteiger partial charge in [0.1, 0.15) is 0 Å². The van der Waals surface area contributed by atoms with E-state index < -0.39 is 0 Å². The van der Waals surface area contributed by atoms with E-state index >= 15 is 0 Å². The zero-order chi connectivity index (χ0) is 11.7. The highest BCUT2D eigenvalue weighted by molar-refractivity contribution is 5.96. The average molecular weight is 217 g/mol. The largest absolute Gasteiger partial charge is 0.312 e. The third kappa shape index (κ3) is 1.84. The van der Waals surface area contributed by atoms with Gasteiger partial charge >= 0.3 is 0 Å². The molecule has 1 heterocycles. The first-order valence-corrected chi connectivity index (χ1v) is 6.04. The summed E-state index contributed by atoms with van der Waals surface area (Å²) in [6.45, 7) is 6.92. The van der Waals surface area contributed by atoms with Crippen LogP contribution in [-0.4, -0.2) is 12.5 Å². The molecular weight excluding hydrogens is 198 g/mol. The average Bonchev–Trinajstić information content (AvgIpc) is 2.38. The summed E-state index contributed by atoms with van der Waals surface area (Å²) in [6, 6.07) is 6.43. The molecule has 1 amide bonds. The van der Waals surface area contributed by atoms with Gasteiger partial charge in [-0.25, -0.2) is 0 Å². The molecule has 1 unspecified atom stereocenters. The summed E-state index contributed by atoms with van der Waals surface area (Å²) in [6.07, 6.45) is 1.98. The standard InChI is InChI=1S/C14H19NO/c1-4-15-13-9-10(2)5-7-12(13)8-6-11(3)14(15)16/h5,7,9,11H,4,6,8H2,1-3H3. The Morgan fingerprint density at radius 2 is 2.19 bits per heavy atom. The highest BCUT2D eigenvalue weighted by atomic mass is 16.2. The lowest BCUT2D eigenvalue weighted by atomic mass is 10.0. The molecule has 1 aliphatic rings. The molecule has 2 heteroatoms. The first-order valence-electron chi connectivity index (χ1n) is 6.04.